The van der Waals surface area contributed by atoms with Crippen molar-refractivity contribution in [2.45, 2.75) is 26.6 Å². The third kappa shape index (κ3) is 3.43. The van der Waals surface area contributed by atoms with Crippen LogP contribution < -0.4 is 5.32 Å². The second-order valence-corrected chi connectivity index (χ2v) is 5.99. The summed E-state index contributed by atoms with van der Waals surface area (Å²) >= 11 is 7.09. The number of alkyl halides is 3. The second-order valence-electron chi connectivity index (χ2n) is 4.30. The molecule has 1 aromatic carbocycles. The fraction of sp³-hybridized carbons (Fsp3) is 0.308. The Bertz CT molecular complexity index is 603. The van der Waals surface area contributed by atoms with E-state index in [1.807, 2.05) is 13.8 Å². The summed E-state index contributed by atoms with van der Waals surface area (Å²) in [4.78, 5) is 5.43. The number of thiazole rings is 1. The fourth-order valence-corrected chi connectivity index (χ4v) is 2.74. The van der Waals surface area contributed by atoms with Crippen LogP contribution in [0.1, 0.15) is 21.1 Å². The summed E-state index contributed by atoms with van der Waals surface area (Å²) in [5.74, 6) is 0. The van der Waals surface area contributed by atoms with E-state index in [0.717, 1.165) is 21.6 Å². The number of hydrogen-bond donors (Lipinski definition) is 1. The van der Waals surface area contributed by atoms with Crippen LogP contribution in [-0.2, 0) is 12.7 Å². The van der Waals surface area contributed by atoms with Gasteiger partial charge in [-0.15, -0.1) is 11.3 Å². The summed E-state index contributed by atoms with van der Waals surface area (Å²) in [7, 11) is 0. The molecular formula is C13H12ClF3N2S. The smallest absolute Gasteiger partial charge is 0.379 e. The predicted molar refractivity (Wildman–Crippen MR) is 75.4 cm³/mol. The lowest BCUT2D eigenvalue weighted by molar-refractivity contribution is -0.137. The fourth-order valence-electron chi connectivity index (χ4n) is 1.64. The number of anilines is 1. The molecule has 1 N–H and O–H groups in total. The predicted octanol–water partition coefficient (Wildman–Crippen LogP) is 5.04. The molecule has 0 spiro atoms. The number of nitrogens with zero attached hydrogens (tertiary/aromatic N) is 1. The van der Waals surface area contributed by atoms with E-state index < -0.39 is 11.7 Å². The molecule has 0 aliphatic heterocycles. The molecule has 0 saturated heterocycles. The molecule has 0 unspecified atom stereocenters. The average molecular weight is 321 g/mol. The van der Waals surface area contributed by atoms with Crippen LogP contribution in [0.4, 0.5) is 18.9 Å². The van der Waals surface area contributed by atoms with Crippen molar-refractivity contribution in [2.24, 2.45) is 0 Å². The monoisotopic (exact) mass is 320 g/mol. The van der Waals surface area contributed by atoms with E-state index >= 15 is 0 Å². The summed E-state index contributed by atoms with van der Waals surface area (Å²) in [6, 6.07) is 3.77. The maximum absolute atomic E-state index is 12.7. The number of hydrogen-bond acceptors (Lipinski definition) is 3. The van der Waals surface area contributed by atoms with Gasteiger partial charge in [-0.05, 0) is 32.0 Å². The highest BCUT2D eigenvalue weighted by Gasteiger charge is 2.33. The first-order valence-corrected chi connectivity index (χ1v) is 7.00. The zero-order valence-electron chi connectivity index (χ0n) is 10.8. The first-order chi connectivity index (χ1) is 9.27. The van der Waals surface area contributed by atoms with E-state index in [4.69, 9.17) is 11.6 Å². The number of nitrogens with one attached hydrogen (secondary N) is 1. The Morgan fingerprint density at radius 3 is 2.55 bits per heavy atom. The van der Waals surface area contributed by atoms with Gasteiger partial charge in [0.05, 0.1) is 22.8 Å². The molecule has 1 heterocycles. The minimum absolute atomic E-state index is 0.302. The third-order valence-corrected chi connectivity index (χ3v) is 4.19. The lowest BCUT2D eigenvalue weighted by Gasteiger charge is -2.11. The minimum atomic E-state index is -4.46. The van der Waals surface area contributed by atoms with E-state index in [0.29, 0.717) is 12.2 Å². The third-order valence-electron chi connectivity index (χ3n) is 2.79. The maximum Gasteiger partial charge on any atom is 0.417 e. The normalized spacial score (nSPS) is 11.7. The molecule has 2 rings (SSSR count). The van der Waals surface area contributed by atoms with Crippen LogP contribution in [-0.4, -0.2) is 4.98 Å². The van der Waals surface area contributed by atoms with Crippen LogP contribution in [0.5, 0.6) is 0 Å². The summed E-state index contributed by atoms with van der Waals surface area (Å²) < 4.78 is 38.2. The largest absolute Gasteiger partial charge is 0.417 e. The highest BCUT2D eigenvalue weighted by molar-refractivity contribution is 7.11. The second kappa shape index (κ2) is 5.61. The topological polar surface area (TPSA) is 24.9 Å². The standard InChI is InChI=1S/C13H12ClF3N2S/c1-7-8(2)20-12(19-7)6-18-9-3-4-11(14)10(5-9)13(15,16)17/h3-5,18H,6H2,1-2H3. The van der Waals surface area contributed by atoms with E-state index in [2.05, 4.69) is 10.3 Å². The van der Waals surface area contributed by atoms with Crippen LogP contribution in [0.3, 0.4) is 0 Å². The Balaban J connectivity index is 2.14. The maximum atomic E-state index is 12.7. The van der Waals surface area contributed by atoms with Gasteiger partial charge in [0.1, 0.15) is 5.01 Å². The molecule has 0 aliphatic carbocycles. The summed E-state index contributed by atoms with van der Waals surface area (Å²) in [5.41, 5.74) is 0.474. The van der Waals surface area contributed by atoms with Crippen LogP contribution in [0.15, 0.2) is 18.2 Å². The molecule has 2 nitrogen and oxygen atoms in total. The molecule has 0 bridgehead atoms. The molecule has 0 amide bonds. The highest BCUT2D eigenvalue weighted by atomic mass is 35.5. The lowest BCUT2D eigenvalue weighted by atomic mass is 10.2. The molecule has 1 aromatic heterocycles. The van der Waals surface area contributed by atoms with Crippen LogP contribution in [0, 0.1) is 13.8 Å². The van der Waals surface area contributed by atoms with Gasteiger partial charge in [-0.2, -0.15) is 13.2 Å². The van der Waals surface area contributed by atoms with Crippen molar-refractivity contribution in [3.05, 3.63) is 44.4 Å². The summed E-state index contributed by atoms with van der Waals surface area (Å²) in [6.45, 7) is 4.25. The van der Waals surface area contributed by atoms with Crippen molar-refractivity contribution in [3.63, 3.8) is 0 Å². The Labute approximate surface area is 123 Å². The Hall–Kier alpha value is -1.27. The van der Waals surface area contributed by atoms with Crippen LogP contribution in [0.2, 0.25) is 5.02 Å². The molecule has 108 valence electrons. The number of benzene rings is 1. The summed E-state index contributed by atoms with van der Waals surface area (Å²) in [5, 5.41) is 3.47. The van der Waals surface area contributed by atoms with E-state index in [9.17, 15) is 13.2 Å². The van der Waals surface area contributed by atoms with Gasteiger partial charge >= 0.3 is 6.18 Å². The number of halogens is 4. The zero-order chi connectivity index (χ0) is 14.9. The highest BCUT2D eigenvalue weighted by Crippen LogP contribution is 2.36. The van der Waals surface area contributed by atoms with Gasteiger partial charge in [0.2, 0.25) is 0 Å². The van der Waals surface area contributed by atoms with Gasteiger partial charge in [-0.3, -0.25) is 0 Å². The molecule has 0 saturated carbocycles. The number of aromatic nitrogens is 1. The molecule has 2 aromatic rings. The molecule has 0 fully saturated rings. The molecular weight excluding hydrogens is 309 g/mol. The zero-order valence-corrected chi connectivity index (χ0v) is 12.4. The van der Waals surface area contributed by atoms with Crippen molar-refractivity contribution in [2.75, 3.05) is 5.32 Å². The quantitative estimate of drug-likeness (QED) is 0.856. The van der Waals surface area contributed by atoms with E-state index in [1.54, 1.807) is 0 Å². The van der Waals surface area contributed by atoms with Crippen molar-refractivity contribution in [1.82, 2.24) is 4.98 Å². The van der Waals surface area contributed by atoms with Crippen molar-refractivity contribution >= 4 is 28.6 Å². The Kier molecular flexibility index (Phi) is 4.25. The Morgan fingerprint density at radius 1 is 1.30 bits per heavy atom. The Morgan fingerprint density at radius 2 is 2.00 bits per heavy atom. The van der Waals surface area contributed by atoms with Gasteiger partial charge in [0.25, 0.3) is 0 Å². The van der Waals surface area contributed by atoms with Gasteiger partial charge in [-0.25, -0.2) is 4.98 Å². The summed E-state index contributed by atoms with van der Waals surface area (Å²) in [6.07, 6.45) is -4.46. The first-order valence-electron chi connectivity index (χ1n) is 5.81. The average Bonchev–Trinajstić information content (AvgIpc) is 2.66. The van der Waals surface area contributed by atoms with Crippen molar-refractivity contribution < 1.29 is 13.2 Å². The van der Waals surface area contributed by atoms with Crippen LogP contribution in [0.25, 0.3) is 0 Å². The molecule has 0 atom stereocenters. The lowest BCUT2D eigenvalue weighted by Crippen LogP contribution is -2.07. The minimum Gasteiger partial charge on any atom is -0.379 e. The molecule has 0 radical (unpaired) electrons. The van der Waals surface area contributed by atoms with Gasteiger partial charge in [-0.1, -0.05) is 11.6 Å². The molecule has 7 heteroatoms. The van der Waals surface area contributed by atoms with Crippen molar-refractivity contribution in [1.29, 1.82) is 0 Å². The molecule has 0 aliphatic rings. The first kappa shape index (κ1) is 15.1. The van der Waals surface area contributed by atoms with Gasteiger partial charge < -0.3 is 5.32 Å². The SMILES string of the molecule is Cc1nc(CNc2ccc(Cl)c(C(F)(F)F)c2)sc1C. The van der Waals surface area contributed by atoms with E-state index in [-0.39, 0.29) is 5.02 Å². The number of rotatable bonds is 3. The van der Waals surface area contributed by atoms with Gasteiger partial charge in [0, 0.05) is 10.6 Å². The van der Waals surface area contributed by atoms with E-state index in [1.165, 1.54) is 23.5 Å². The number of aryl methyl sites for hydroxylation is 2. The van der Waals surface area contributed by atoms with Crippen LogP contribution >= 0.6 is 22.9 Å². The molecule has 20 heavy (non-hydrogen) atoms. The van der Waals surface area contributed by atoms with Gasteiger partial charge in [0.15, 0.2) is 0 Å². The van der Waals surface area contributed by atoms with Crippen molar-refractivity contribution in [3.8, 4) is 0 Å².